The molecule has 0 N–H and O–H groups in total. The molecule has 1 aromatic carbocycles. The van der Waals surface area contributed by atoms with Crippen molar-refractivity contribution in [2.24, 2.45) is 0 Å². The third-order valence-electron chi connectivity index (χ3n) is 2.16. The molecule has 2 heteroatoms. The van der Waals surface area contributed by atoms with Crippen molar-refractivity contribution in [1.82, 2.24) is 0 Å². The third kappa shape index (κ3) is 1.37. The summed E-state index contributed by atoms with van der Waals surface area (Å²) in [5.74, 6) is 0.758. The summed E-state index contributed by atoms with van der Waals surface area (Å²) in [5, 5.41) is 8.68. The van der Waals surface area contributed by atoms with Gasteiger partial charge in [-0.05, 0) is 52.4 Å². The van der Waals surface area contributed by atoms with Crippen LogP contribution in [0.3, 0.4) is 0 Å². The average Bonchev–Trinajstić information content (AvgIpc) is 2.86. The van der Waals surface area contributed by atoms with E-state index in [0.29, 0.717) is 0 Å². The quantitative estimate of drug-likeness (QED) is 0.715. The predicted octanol–water partition coefficient (Wildman–Crippen LogP) is 3.20. The van der Waals surface area contributed by atoms with E-state index in [-0.39, 0.29) is 0 Å². The van der Waals surface area contributed by atoms with Crippen LogP contribution in [0.5, 0.6) is 0 Å². The van der Waals surface area contributed by atoms with Crippen molar-refractivity contribution in [2.75, 3.05) is 0 Å². The lowest BCUT2D eigenvalue weighted by molar-refractivity contribution is 1.12. The van der Waals surface area contributed by atoms with E-state index in [1.165, 1.54) is 18.4 Å². The monoisotopic (exact) mass is 221 g/mol. The smallest absolute Gasteiger partial charge is 0.100 e. The number of halogens is 1. The molecule has 1 fully saturated rings. The molecule has 1 aliphatic rings. The number of benzene rings is 1. The predicted molar refractivity (Wildman–Crippen MR) is 50.8 cm³/mol. The lowest BCUT2D eigenvalue weighted by atomic mass is 10.1. The van der Waals surface area contributed by atoms with E-state index in [1.54, 1.807) is 0 Å². The van der Waals surface area contributed by atoms with Crippen molar-refractivity contribution in [3.63, 3.8) is 0 Å². The van der Waals surface area contributed by atoms with Gasteiger partial charge in [0.15, 0.2) is 0 Å². The number of nitriles is 1. The number of nitrogens with zero attached hydrogens (tertiary/aromatic N) is 1. The third-order valence-corrected chi connectivity index (χ3v) is 2.82. The molecule has 2 rings (SSSR count). The Bertz CT molecular complexity index is 347. The van der Waals surface area contributed by atoms with E-state index < -0.39 is 0 Å². The van der Waals surface area contributed by atoms with Crippen LogP contribution in [0.15, 0.2) is 22.7 Å². The topological polar surface area (TPSA) is 23.8 Å². The van der Waals surface area contributed by atoms with E-state index in [4.69, 9.17) is 5.26 Å². The second-order valence-corrected chi connectivity index (χ2v) is 3.98. The summed E-state index contributed by atoms with van der Waals surface area (Å²) < 4.78 is 0.925. The molecule has 0 atom stereocenters. The first kappa shape index (κ1) is 7.82. The molecule has 1 aromatic rings. The van der Waals surface area contributed by atoms with Gasteiger partial charge in [-0.3, -0.25) is 0 Å². The highest BCUT2D eigenvalue weighted by atomic mass is 79.9. The first-order valence-corrected chi connectivity index (χ1v) is 4.80. The molecule has 0 bridgehead atoms. The normalized spacial score (nSPS) is 15.7. The minimum atomic E-state index is 0.722. The van der Waals surface area contributed by atoms with Crippen LogP contribution < -0.4 is 0 Å². The first-order valence-electron chi connectivity index (χ1n) is 4.01. The SMILES string of the molecule is N#Cc1ccc(C2CC2)cc1Br. The van der Waals surface area contributed by atoms with E-state index in [1.807, 2.05) is 6.07 Å². The van der Waals surface area contributed by atoms with Crippen LogP contribution >= 0.6 is 15.9 Å². The molecule has 0 aliphatic heterocycles. The van der Waals surface area contributed by atoms with Crippen molar-refractivity contribution in [3.8, 4) is 6.07 Å². The van der Waals surface area contributed by atoms with Crippen LogP contribution in [0.2, 0.25) is 0 Å². The van der Waals surface area contributed by atoms with Crippen molar-refractivity contribution in [1.29, 1.82) is 5.26 Å². The number of hydrogen-bond acceptors (Lipinski definition) is 1. The summed E-state index contributed by atoms with van der Waals surface area (Å²) in [6, 6.07) is 8.14. The van der Waals surface area contributed by atoms with Crippen LogP contribution in [0.1, 0.15) is 29.9 Å². The van der Waals surface area contributed by atoms with Gasteiger partial charge in [-0.25, -0.2) is 0 Å². The molecule has 12 heavy (non-hydrogen) atoms. The molecule has 0 heterocycles. The summed E-state index contributed by atoms with van der Waals surface area (Å²) in [6.07, 6.45) is 2.61. The molecule has 1 nitrogen and oxygen atoms in total. The lowest BCUT2D eigenvalue weighted by Gasteiger charge is -1.99. The molecule has 0 radical (unpaired) electrons. The molecule has 1 saturated carbocycles. The Hall–Kier alpha value is -0.810. The van der Waals surface area contributed by atoms with Gasteiger partial charge in [-0.1, -0.05) is 6.07 Å². The Balaban J connectivity index is 2.38. The summed E-state index contributed by atoms with van der Waals surface area (Å²) in [6.45, 7) is 0. The van der Waals surface area contributed by atoms with Gasteiger partial charge in [0.25, 0.3) is 0 Å². The highest BCUT2D eigenvalue weighted by Gasteiger charge is 2.23. The van der Waals surface area contributed by atoms with Crippen molar-refractivity contribution in [3.05, 3.63) is 33.8 Å². The van der Waals surface area contributed by atoms with Gasteiger partial charge in [-0.2, -0.15) is 5.26 Å². The molecule has 0 amide bonds. The summed E-state index contributed by atoms with van der Waals surface area (Å²) >= 11 is 3.38. The van der Waals surface area contributed by atoms with E-state index in [0.717, 1.165) is 16.0 Å². The highest BCUT2D eigenvalue weighted by molar-refractivity contribution is 9.10. The maximum atomic E-state index is 8.68. The van der Waals surface area contributed by atoms with Crippen LogP contribution in [0.25, 0.3) is 0 Å². The fourth-order valence-corrected chi connectivity index (χ4v) is 1.78. The minimum absolute atomic E-state index is 0.722. The highest BCUT2D eigenvalue weighted by Crippen LogP contribution is 2.41. The van der Waals surface area contributed by atoms with Crippen LogP contribution in [0, 0.1) is 11.3 Å². The van der Waals surface area contributed by atoms with Gasteiger partial charge < -0.3 is 0 Å². The fraction of sp³-hybridized carbons (Fsp3) is 0.300. The molecular weight excluding hydrogens is 214 g/mol. The van der Waals surface area contributed by atoms with Gasteiger partial charge in [-0.15, -0.1) is 0 Å². The maximum absolute atomic E-state index is 8.68. The summed E-state index contributed by atoms with van der Waals surface area (Å²) in [7, 11) is 0. The average molecular weight is 222 g/mol. The summed E-state index contributed by atoms with van der Waals surface area (Å²) in [4.78, 5) is 0. The van der Waals surface area contributed by atoms with Crippen LogP contribution in [-0.2, 0) is 0 Å². The zero-order chi connectivity index (χ0) is 8.55. The molecule has 1 aliphatic carbocycles. The summed E-state index contributed by atoms with van der Waals surface area (Å²) in [5.41, 5.74) is 2.08. The van der Waals surface area contributed by atoms with Gasteiger partial charge in [0.1, 0.15) is 6.07 Å². The number of hydrogen-bond donors (Lipinski definition) is 0. The molecule has 60 valence electrons. The first-order chi connectivity index (χ1) is 5.81. The Kier molecular flexibility index (Phi) is 1.90. The van der Waals surface area contributed by atoms with E-state index in [2.05, 4.69) is 34.1 Å². The zero-order valence-electron chi connectivity index (χ0n) is 6.55. The minimum Gasteiger partial charge on any atom is -0.192 e. The van der Waals surface area contributed by atoms with Gasteiger partial charge in [0.2, 0.25) is 0 Å². The maximum Gasteiger partial charge on any atom is 0.100 e. The van der Waals surface area contributed by atoms with Crippen molar-refractivity contribution < 1.29 is 0 Å². The Labute approximate surface area is 80.1 Å². The van der Waals surface area contributed by atoms with E-state index in [9.17, 15) is 0 Å². The largest absolute Gasteiger partial charge is 0.192 e. The van der Waals surface area contributed by atoms with Crippen molar-refractivity contribution >= 4 is 15.9 Å². The Morgan fingerprint density at radius 2 is 2.17 bits per heavy atom. The molecule has 0 unspecified atom stereocenters. The second-order valence-electron chi connectivity index (χ2n) is 3.13. The Morgan fingerprint density at radius 1 is 1.42 bits per heavy atom. The zero-order valence-corrected chi connectivity index (χ0v) is 8.13. The fourth-order valence-electron chi connectivity index (χ4n) is 1.29. The van der Waals surface area contributed by atoms with Gasteiger partial charge in [0, 0.05) is 4.47 Å². The molecular formula is C10H8BrN. The van der Waals surface area contributed by atoms with Crippen LogP contribution in [-0.4, -0.2) is 0 Å². The lowest BCUT2D eigenvalue weighted by Crippen LogP contribution is -1.82. The van der Waals surface area contributed by atoms with Gasteiger partial charge in [0.05, 0.1) is 5.56 Å². The second kappa shape index (κ2) is 2.91. The molecule has 0 aromatic heterocycles. The number of rotatable bonds is 1. The van der Waals surface area contributed by atoms with Gasteiger partial charge >= 0.3 is 0 Å². The van der Waals surface area contributed by atoms with Crippen molar-refractivity contribution in [2.45, 2.75) is 18.8 Å². The standard InChI is InChI=1S/C10H8BrN/c11-10-5-8(7-1-2-7)3-4-9(10)6-12/h3-5,7H,1-2H2. The van der Waals surface area contributed by atoms with E-state index >= 15 is 0 Å². The molecule has 0 saturated heterocycles. The Morgan fingerprint density at radius 3 is 2.67 bits per heavy atom. The van der Waals surface area contributed by atoms with Crippen LogP contribution in [0.4, 0.5) is 0 Å². The molecule has 0 spiro atoms.